The number of benzene rings is 2. The second-order valence-corrected chi connectivity index (χ2v) is 9.59. The Morgan fingerprint density at radius 2 is 1.79 bits per heavy atom. The van der Waals surface area contributed by atoms with Crippen LogP contribution < -0.4 is 10.2 Å². The maximum Gasteiger partial charge on any atom is 0.224 e. The third-order valence-corrected chi connectivity index (χ3v) is 7.28. The molecule has 0 atom stereocenters. The molecule has 2 aromatic carbocycles. The number of amides is 1. The topological polar surface area (TPSA) is 63.1 Å². The number of rotatable bonds is 5. The number of piperidine rings is 1. The molecule has 1 N–H and O–H groups in total. The van der Waals surface area contributed by atoms with E-state index in [4.69, 9.17) is 4.98 Å². The number of aromatic nitrogens is 3. The van der Waals surface area contributed by atoms with Gasteiger partial charge in [0.25, 0.3) is 0 Å². The SMILES string of the molecule is Cc1ccc(CC(=O)NC2CCN(c3nc4c(s3)c(C)nn4-c3ccc(F)cc3)CC2)cc1. The van der Waals surface area contributed by atoms with Gasteiger partial charge in [0, 0.05) is 19.1 Å². The van der Waals surface area contributed by atoms with E-state index < -0.39 is 0 Å². The van der Waals surface area contributed by atoms with Crippen LogP contribution in [-0.2, 0) is 11.2 Å². The monoisotopic (exact) mass is 463 g/mol. The summed E-state index contributed by atoms with van der Waals surface area (Å²) < 4.78 is 16.2. The van der Waals surface area contributed by atoms with Crippen molar-refractivity contribution in [2.75, 3.05) is 18.0 Å². The van der Waals surface area contributed by atoms with E-state index in [9.17, 15) is 9.18 Å². The summed E-state index contributed by atoms with van der Waals surface area (Å²) in [5, 5.41) is 8.75. The van der Waals surface area contributed by atoms with Crippen LogP contribution in [0.1, 0.15) is 29.7 Å². The van der Waals surface area contributed by atoms with Crippen molar-refractivity contribution in [2.24, 2.45) is 0 Å². The molecule has 1 aliphatic heterocycles. The molecule has 8 heteroatoms. The van der Waals surface area contributed by atoms with Crippen molar-refractivity contribution in [3.8, 4) is 5.69 Å². The second kappa shape index (κ2) is 8.94. The molecule has 1 saturated heterocycles. The quantitative estimate of drug-likeness (QED) is 0.471. The van der Waals surface area contributed by atoms with Gasteiger partial charge in [0.1, 0.15) is 5.82 Å². The minimum Gasteiger partial charge on any atom is -0.353 e. The van der Waals surface area contributed by atoms with E-state index in [-0.39, 0.29) is 17.8 Å². The molecule has 0 spiro atoms. The number of hydrogen-bond acceptors (Lipinski definition) is 5. The smallest absolute Gasteiger partial charge is 0.224 e. The van der Waals surface area contributed by atoms with Gasteiger partial charge in [-0.15, -0.1) is 0 Å². The molecule has 0 unspecified atom stereocenters. The molecular formula is C25H26FN5OS. The number of carbonyl (C=O) groups excluding carboxylic acids is 1. The Kier molecular flexibility index (Phi) is 5.85. The van der Waals surface area contributed by atoms with Gasteiger partial charge in [-0.1, -0.05) is 41.2 Å². The largest absolute Gasteiger partial charge is 0.353 e. The van der Waals surface area contributed by atoms with Crippen molar-refractivity contribution in [1.29, 1.82) is 0 Å². The lowest BCUT2D eigenvalue weighted by Gasteiger charge is -2.32. The predicted octanol–water partition coefficient (Wildman–Crippen LogP) is 4.57. The summed E-state index contributed by atoms with van der Waals surface area (Å²) in [6, 6.07) is 14.6. The highest BCUT2D eigenvalue weighted by atomic mass is 32.1. The Morgan fingerprint density at radius 1 is 1.09 bits per heavy atom. The molecule has 2 aromatic heterocycles. The molecule has 1 aliphatic rings. The Hall–Kier alpha value is -3.26. The van der Waals surface area contributed by atoms with Crippen molar-refractivity contribution < 1.29 is 9.18 Å². The zero-order valence-electron chi connectivity index (χ0n) is 18.7. The molecule has 0 radical (unpaired) electrons. The first kappa shape index (κ1) is 21.6. The van der Waals surface area contributed by atoms with Gasteiger partial charge in [-0.3, -0.25) is 4.79 Å². The van der Waals surface area contributed by atoms with Gasteiger partial charge in [0.2, 0.25) is 5.91 Å². The fourth-order valence-corrected chi connectivity index (χ4v) is 5.24. The summed E-state index contributed by atoms with van der Waals surface area (Å²) in [5.41, 5.74) is 4.74. The van der Waals surface area contributed by atoms with Crippen molar-refractivity contribution in [3.63, 3.8) is 0 Å². The summed E-state index contributed by atoms with van der Waals surface area (Å²) in [7, 11) is 0. The van der Waals surface area contributed by atoms with Crippen molar-refractivity contribution in [3.05, 3.63) is 71.2 Å². The van der Waals surface area contributed by atoms with Gasteiger partial charge in [-0.05, 0) is 56.5 Å². The number of fused-ring (bicyclic) bond motifs is 1. The third kappa shape index (κ3) is 4.61. The first-order chi connectivity index (χ1) is 16.0. The molecular weight excluding hydrogens is 437 g/mol. The van der Waals surface area contributed by atoms with E-state index in [1.165, 1.54) is 17.7 Å². The molecule has 33 heavy (non-hydrogen) atoms. The normalized spacial score (nSPS) is 14.7. The number of anilines is 1. The molecule has 3 heterocycles. The van der Waals surface area contributed by atoms with Crippen LogP contribution in [0.3, 0.4) is 0 Å². The Morgan fingerprint density at radius 3 is 2.48 bits per heavy atom. The first-order valence-corrected chi connectivity index (χ1v) is 12.0. The van der Waals surface area contributed by atoms with Gasteiger partial charge in [-0.25, -0.2) is 9.07 Å². The van der Waals surface area contributed by atoms with Gasteiger partial charge < -0.3 is 10.2 Å². The van der Waals surface area contributed by atoms with Crippen molar-refractivity contribution >= 4 is 32.7 Å². The average molecular weight is 464 g/mol. The summed E-state index contributed by atoms with van der Waals surface area (Å²) in [6.07, 6.45) is 2.19. The van der Waals surface area contributed by atoms with Gasteiger partial charge in [0.05, 0.1) is 22.5 Å². The number of hydrogen-bond donors (Lipinski definition) is 1. The van der Waals surface area contributed by atoms with Crippen LogP contribution in [0.15, 0.2) is 48.5 Å². The number of halogens is 1. The van der Waals surface area contributed by atoms with Crippen LogP contribution in [-0.4, -0.2) is 39.8 Å². The maximum atomic E-state index is 13.3. The number of thiazole rings is 1. The van der Waals surface area contributed by atoms with Crippen LogP contribution in [0.2, 0.25) is 0 Å². The van der Waals surface area contributed by atoms with E-state index in [2.05, 4.69) is 15.3 Å². The Labute approximate surface area is 196 Å². The summed E-state index contributed by atoms with van der Waals surface area (Å²) in [4.78, 5) is 19.6. The molecule has 6 nitrogen and oxygen atoms in total. The zero-order valence-corrected chi connectivity index (χ0v) is 19.5. The van der Waals surface area contributed by atoms with Crippen molar-refractivity contribution in [2.45, 2.75) is 39.2 Å². The standard InChI is InChI=1S/C25H26FN5OS/c1-16-3-5-18(6-4-16)15-22(32)27-20-11-13-30(14-12-20)25-28-24-23(33-25)17(2)29-31(24)21-9-7-19(26)8-10-21/h3-10,20H,11-15H2,1-2H3,(H,27,32). The fraction of sp³-hybridized carbons (Fsp3) is 0.320. The minimum absolute atomic E-state index is 0.0762. The molecule has 0 saturated carbocycles. The predicted molar refractivity (Wildman–Crippen MR) is 130 cm³/mol. The Bertz CT molecular complexity index is 1270. The lowest BCUT2D eigenvalue weighted by atomic mass is 10.0. The maximum absolute atomic E-state index is 13.3. The summed E-state index contributed by atoms with van der Waals surface area (Å²) in [5.74, 6) is -0.195. The lowest BCUT2D eigenvalue weighted by Crippen LogP contribution is -2.45. The lowest BCUT2D eigenvalue weighted by molar-refractivity contribution is -0.121. The highest BCUT2D eigenvalue weighted by molar-refractivity contribution is 7.22. The molecule has 1 fully saturated rings. The number of nitrogens with one attached hydrogen (secondary N) is 1. The van der Waals surface area contributed by atoms with E-state index in [0.717, 1.165) is 58.4 Å². The molecule has 5 rings (SSSR count). The molecule has 0 aliphatic carbocycles. The van der Waals surface area contributed by atoms with Crippen LogP contribution in [0.5, 0.6) is 0 Å². The second-order valence-electron chi connectivity index (χ2n) is 8.61. The van der Waals surface area contributed by atoms with E-state index >= 15 is 0 Å². The molecule has 170 valence electrons. The van der Waals surface area contributed by atoms with Crippen LogP contribution in [0.25, 0.3) is 16.0 Å². The highest BCUT2D eigenvalue weighted by Crippen LogP contribution is 2.33. The number of carbonyl (C=O) groups is 1. The van der Waals surface area contributed by atoms with E-state index in [1.807, 2.05) is 38.1 Å². The first-order valence-electron chi connectivity index (χ1n) is 11.2. The van der Waals surface area contributed by atoms with Crippen LogP contribution in [0, 0.1) is 19.7 Å². The number of aryl methyl sites for hydroxylation is 2. The average Bonchev–Trinajstić information content (AvgIpc) is 3.37. The number of nitrogens with zero attached hydrogens (tertiary/aromatic N) is 4. The zero-order chi connectivity index (χ0) is 22.9. The molecule has 4 aromatic rings. The summed E-state index contributed by atoms with van der Waals surface area (Å²) >= 11 is 1.64. The van der Waals surface area contributed by atoms with Gasteiger partial charge in [-0.2, -0.15) is 10.1 Å². The van der Waals surface area contributed by atoms with Crippen LogP contribution in [0.4, 0.5) is 9.52 Å². The van der Waals surface area contributed by atoms with Gasteiger partial charge in [0.15, 0.2) is 10.8 Å². The molecule has 1 amide bonds. The van der Waals surface area contributed by atoms with E-state index in [0.29, 0.717) is 6.42 Å². The third-order valence-electron chi connectivity index (χ3n) is 6.06. The van der Waals surface area contributed by atoms with Crippen LogP contribution >= 0.6 is 11.3 Å². The molecule has 0 bridgehead atoms. The minimum atomic E-state index is -0.272. The Balaban J connectivity index is 1.23. The van der Waals surface area contributed by atoms with E-state index in [1.54, 1.807) is 28.2 Å². The highest BCUT2D eigenvalue weighted by Gasteiger charge is 2.24. The van der Waals surface area contributed by atoms with Gasteiger partial charge >= 0.3 is 0 Å². The summed E-state index contributed by atoms with van der Waals surface area (Å²) in [6.45, 7) is 5.70. The van der Waals surface area contributed by atoms with Crippen molar-refractivity contribution in [1.82, 2.24) is 20.1 Å². The fourth-order valence-electron chi connectivity index (χ4n) is 4.21.